The highest BCUT2D eigenvalue weighted by molar-refractivity contribution is 7.91. The maximum atomic E-state index is 11.6. The number of carboxylic acid groups (broad SMARTS) is 1. The number of sulfone groups is 1. The first kappa shape index (κ1) is 15.5. The van der Waals surface area contributed by atoms with Gasteiger partial charge in [-0.1, -0.05) is 6.07 Å². The van der Waals surface area contributed by atoms with Crippen LogP contribution < -0.4 is 4.74 Å². The summed E-state index contributed by atoms with van der Waals surface area (Å²) in [5, 5.41) is 8.43. The second kappa shape index (κ2) is 6.56. The Morgan fingerprint density at radius 1 is 1.37 bits per heavy atom. The molecule has 0 spiro atoms. The Labute approximate surface area is 113 Å². The Bertz CT molecular complexity index is 534. The van der Waals surface area contributed by atoms with Gasteiger partial charge in [0.2, 0.25) is 0 Å². The van der Waals surface area contributed by atoms with E-state index >= 15 is 0 Å². The zero-order valence-corrected chi connectivity index (χ0v) is 11.8. The lowest BCUT2D eigenvalue weighted by Gasteiger charge is -2.09. The van der Waals surface area contributed by atoms with Gasteiger partial charge in [-0.05, 0) is 38.5 Å². The number of ether oxygens (including phenoxy) is 1. The van der Waals surface area contributed by atoms with E-state index in [4.69, 9.17) is 9.84 Å². The lowest BCUT2D eigenvalue weighted by atomic mass is 10.2. The Balaban J connectivity index is 2.46. The van der Waals surface area contributed by atoms with Crippen LogP contribution >= 0.6 is 0 Å². The molecule has 0 atom stereocenters. The molecule has 0 aliphatic carbocycles. The minimum absolute atomic E-state index is 0.0727. The van der Waals surface area contributed by atoms with Crippen LogP contribution in [0.2, 0.25) is 0 Å². The van der Waals surface area contributed by atoms with Crippen LogP contribution in [0.5, 0.6) is 5.75 Å². The molecule has 0 radical (unpaired) electrons. The van der Waals surface area contributed by atoms with Crippen LogP contribution in [-0.2, 0) is 9.84 Å². The van der Waals surface area contributed by atoms with E-state index in [1.54, 1.807) is 26.0 Å². The number of carboxylic acids is 1. The van der Waals surface area contributed by atoms with E-state index in [0.29, 0.717) is 12.2 Å². The molecule has 1 aromatic rings. The zero-order valence-electron chi connectivity index (χ0n) is 11.0. The minimum Gasteiger partial charge on any atom is -0.494 e. The highest BCUT2D eigenvalue weighted by Gasteiger charge is 2.15. The molecular weight excluding hydrogens is 268 g/mol. The van der Waals surface area contributed by atoms with Gasteiger partial charge in [0.1, 0.15) is 5.75 Å². The van der Waals surface area contributed by atoms with Gasteiger partial charge in [0, 0.05) is 0 Å². The van der Waals surface area contributed by atoms with Crippen LogP contribution in [0.4, 0.5) is 0 Å². The maximum Gasteiger partial charge on any atom is 0.335 e. The van der Waals surface area contributed by atoms with E-state index in [9.17, 15) is 13.2 Å². The van der Waals surface area contributed by atoms with Crippen molar-refractivity contribution < 1.29 is 23.1 Å². The van der Waals surface area contributed by atoms with E-state index in [-0.39, 0.29) is 23.2 Å². The Kier molecular flexibility index (Phi) is 5.35. The van der Waals surface area contributed by atoms with Crippen LogP contribution in [0, 0.1) is 0 Å². The quantitative estimate of drug-likeness (QED) is 0.775. The summed E-state index contributed by atoms with van der Waals surface area (Å²) in [5.74, 6) is -0.516. The van der Waals surface area contributed by atoms with Crippen LogP contribution in [0.1, 0.15) is 30.6 Å². The van der Waals surface area contributed by atoms with Crippen molar-refractivity contribution >= 4 is 15.8 Å². The second-order valence-electron chi connectivity index (χ2n) is 4.45. The Morgan fingerprint density at radius 3 is 2.63 bits per heavy atom. The highest BCUT2D eigenvalue weighted by atomic mass is 32.2. The molecular formula is C13H18O5S. The summed E-state index contributed by atoms with van der Waals surface area (Å²) in [4.78, 5) is 10.8. The largest absolute Gasteiger partial charge is 0.494 e. The molecule has 0 aromatic heterocycles. The third-order valence-electron chi connectivity index (χ3n) is 2.64. The van der Waals surface area contributed by atoms with Crippen molar-refractivity contribution in [1.29, 1.82) is 0 Å². The number of aromatic carboxylic acids is 1. The topological polar surface area (TPSA) is 80.7 Å². The van der Waals surface area contributed by atoms with E-state index in [1.807, 2.05) is 0 Å². The molecule has 5 nitrogen and oxygen atoms in total. The van der Waals surface area contributed by atoms with Gasteiger partial charge in [-0.3, -0.25) is 0 Å². The molecule has 0 saturated heterocycles. The van der Waals surface area contributed by atoms with Crippen LogP contribution in [0.3, 0.4) is 0 Å². The molecule has 0 aliphatic heterocycles. The van der Waals surface area contributed by atoms with Crippen molar-refractivity contribution in [2.24, 2.45) is 0 Å². The lowest BCUT2D eigenvalue weighted by Crippen LogP contribution is -2.19. The van der Waals surface area contributed by atoms with Crippen LogP contribution in [0.15, 0.2) is 24.3 Å². The monoisotopic (exact) mass is 286 g/mol. The van der Waals surface area contributed by atoms with Crippen molar-refractivity contribution in [2.75, 3.05) is 12.4 Å². The molecule has 19 heavy (non-hydrogen) atoms. The van der Waals surface area contributed by atoms with Crippen LogP contribution in [-0.4, -0.2) is 37.1 Å². The van der Waals surface area contributed by atoms with Gasteiger partial charge >= 0.3 is 5.97 Å². The van der Waals surface area contributed by atoms with Crippen molar-refractivity contribution in [3.63, 3.8) is 0 Å². The molecule has 0 saturated carbocycles. The van der Waals surface area contributed by atoms with E-state index in [0.717, 1.165) is 0 Å². The molecule has 6 heteroatoms. The summed E-state index contributed by atoms with van der Waals surface area (Å²) in [6.07, 6.45) is 0.387. The summed E-state index contributed by atoms with van der Waals surface area (Å²) >= 11 is 0. The Morgan fingerprint density at radius 2 is 2.05 bits per heavy atom. The summed E-state index contributed by atoms with van der Waals surface area (Å²) < 4.78 is 28.4. The molecule has 1 rings (SSSR count). The number of hydrogen-bond donors (Lipinski definition) is 1. The van der Waals surface area contributed by atoms with E-state index in [1.165, 1.54) is 12.1 Å². The molecule has 0 bridgehead atoms. The van der Waals surface area contributed by atoms with Gasteiger partial charge in [-0.2, -0.15) is 0 Å². The first-order valence-corrected chi connectivity index (χ1v) is 7.72. The molecule has 106 valence electrons. The number of rotatable bonds is 7. The van der Waals surface area contributed by atoms with E-state index < -0.39 is 15.8 Å². The molecule has 0 fully saturated rings. The standard InChI is InChI=1S/C13H18O5S/c1-10(2)19(16,17)8-4-7-18-12-6-3-5-11(9-12)13(14)15/h3,5-6,9-10H,4,7-8H2,1-2H3,(H,14,15). The molecule has 0 heterocycles. The average molecular weight is 286 g/mol. The number of hydrogen-bond acceptors (Lipinski definition) is 4. The third kappa shape index (κ3) is 4.90. The lowest BCUT2D eigenvalue weighted by molar-refractivity contribution is 0.0696. The number of carbonyl (C=O) groups is 1. The fraction of sp³-hybridized carbons (Fsp3) is 0.462. The zero-order chi connectivity index (χ0) is 14.5. The summed E-state index contributed by atoms with van der Waals surface area (Å²) in [6.45, 7) is 3.54. The molecule has 0 unspecified atom stereocenters. The molecule has 1 N–H and O–H groups in total. The van der Waals surface area contributed by atoms with Crippen molar-refractivity contribution in [3.05, 3.63) is 29.8 Å². The Hall–Kier alpha value is -1.56. The molecule has 1 aromatic carbocycles. The van der Waals surface area contributed by atoms with Gasteiger partial charge in [0.25, 0.3) is 0 Å². The van der Waals surface area contributed by atoms with Crippen molar-refractivity contribution in [3.8, 4) is 5.75 Å². The smallest absolute Gasteiger partial charge is 0.335 e. The van der Waals surface area contributed by atoms with Gasteiger partial charge in [0.05, 0.1) is 23.2 Å². The third-order valence-corrected chi connectivity index (χ3v) is 4.94. The first-order valence-electron chi connectivity index (χ1n) is 6.00. The van der Waals surface area contributed by atoms with Gasteiger partial charge in [-0.15, -0.1) is 0 Å². The molecule has 0 aliphatic rings. The summed E-state index contributed by atoms with van der Waals surface area (Å²) in [6, 6.07) is 6.12. The molecule has 0 amide bonds. The van der Waals surface area contributed by atoms with Gasteiger partial charge in [-0.25, -0.2) is 13.2 Å². The summed E-state index contributed by atoms with van der Waals surface area (Å²) in [7, 11) is -3.05. The fourth-order valence-corrected chi connectivity index (χ4v) is 2.40. The van der Waals surface area contributed by atoms with E-state index in [2.05, 4.69) is 0 Å². The predicted molar refractivity (Wildman–Crippen MR) is 72.4 cm³/mol. The van der Waals surface area contributed by atoms with Crippen LogP contribution in [0.25, 0.3) is 0 Å². The maximum absolute atomic E-state index is 11.6. The second-order valence-corrected chi connectivity index (χ2v) is 7.13. The predicted octanol–water partition coefficient (Wildman–Crippen LogP) is 1.98. The van der Waals surface area contributed by atoms with Gasteiger partial charge in [0.15, 0.2) is 9.84 Å². The average Bonchev–Trinajstić information content (AvgIpc) is 2.35. The normalized spacial score (nSPS) is 11.5. The fourth-order valence-electron chi connectivity index (χ4n) is 1.40. The first-order chi connectivity index (χ1) is 8.83. The number of benzene rings is 1. The van der Waals surface area contributed by atoms with Crippen molar-refractivity contribution in [1.82, 2.24) is 0 Å². The highest BCUT2D eigenvalue weighted by Crippen LogP contribution is 2.14. The van der Waals surface area contributed by atoms with Crippen molar-refractivity contribution in [2.45, 2.75) is 25.5 Å². The van der Waals surface area contributed by atoms with Gasteiger partial charge < -0.3 is 9.84 Å². The minimum atomic E-state index is -3.05. The SMILES string of the molecule is CC(C)S(=O)(=O)CCCOc1cccc(C(=O)O)c1. The summed E-state index contributed by atoms with van der Waals surface area (Å²) in [5.41, 5.74) is 0.146.